The molecular weight excluding hydrogens is 479 g/mol. The molecule has 2 aliphatic rings. The molecule has 1 N–H and O–H groups in total. The molecule has 0 radical (unpaired) electrons. The number of hydrogen-bond donors (Lipinski definition) is 1. The van der Waals surface area contributed by atoms with E-state index in [4.69, 9.17) is 4.99 Å². The van der Waals surface area contributed by atoms with Gasteiger partial charge in [0.15, 0.2) is 5.96 Å². The van der Waals surface area contributed by atoms with Gasteiger partial charge in [-0.3, -0.25) is 14.7 Å². The predicted octanol–water partition coefficient (Wildman–Crippen LogP) is 1.93. The number of carbonyl (C=O) groups is 1. The highest BCUT2D eigenvalue weighted by atomic mass is 127. The molecule has 1 atom stereocenters. The van der Waals surface area contributed by atoms with Gasteiger partial charge in [-0.1, -0.05) is 13.3 Å². The topological polar surface area (TPSA) is 54.4 Å². The van der Waals surface area contributed by atoms with Gasteiger partial charge in [-0.2, -0.15) is 0 Å². The first-order valence-electron chi connectivity index (χ1n) is 11.3. The number of likely N-dealkylation sites (tertiary alicyclic amines) is 1. The molecule has 0 spiro atoms. The Morgan fingerprint density at radius 3 is 2.28 bits per heavy atom. The summed E-state index contributed by atoms with van der Waals surface area (Å²) in [5, 5.41) is 3.44. The van der Waals surface area contributed by atoms with E-state index in [2.05, 4.69) is 47.8 Å². The number of nitrogens with one attached hydrogen (secondary N) is 1. The third kappa shape index (κ3) is 8.57. The number of nitrogens with zero attached hydrogens (tertiary/aromatic N) is 5. The summed E-state index contributed by atoms with van der Waals surface area (Å²) in [5.74, 6) is 1.33. The summed E-state index contributed by atoms with van der Waals surface area (Å²) in [7, 11) is 2.18. The van der Waals surface area contributed by atoms with Crippen molar-refractivity contribution in [2.24, 2.45) is 4.99 Å². The number of carbonyl (C=O) groups excluding carboxylic acids is 1. The van der Waals surface area contributed by atoms with Crippen LogP contribution >= 0.6 is 24.0 Å². The van der Waals surface area contributed by atoms with Crippen molar-refractivity contribution in [2.45, 2.75) is 52.5 Å². The predicted molar refractivity (Wildman–Crippen MR) is 132 cm³/mol. The standard InChI is InChI=1S/C21H42N6O.HI/c1-5-7-11-24(4)14-10-23-21(22-6-2)27-17-15-25(16-18-27)19(3)20(28)26-12-8-9-13-26;/h19H,5-18H2,1-4H3,(H,22,23);1H. The lowest BCUT2D eigenvalue weighted by Crippen LogP contribution is -2.57. The fourth-order valence-corrected chi connectivity index (χ4v) is 3.97. The Morgan fingerprint density at radius 2 is 1.69 bits per heavy atom. The third-order valence-corrected chi connectivity index (χ3v) is 5.91. The van der Waals surface area contributed by atoms with Crippen molar-refractivity contribution in [1.29, 1.82) is 0 Å². The van der Waals surface area contributed by atoms with E-state index in [0.29, 0.717) is 5.91 Å². The normalized spacial score (nSPS) is 19.4. The van der Waals surface area contributed by atoms with Crippen LogP contribution in [0, 0.1) is 0 Å². The van der Waals surface area contributed by atoms with Crippen LogP contribution in [0.1, 0.15) is 46.5 Å². The lowest BCUT2D eigenvalue weighted by Gasteiger charge is -2.39. The van der Waals surface area contributed by atoms with Gasteiger partial charge in [0.25, 0.3) is 0 Å². The number of hydrogen-bond acceptors (Lipinski definition) is 4. The van der Waals surface area contributed by atoms with Crippen LogP contribution in [0.4, 0.5) is 0 Å². The lowest BCUT2D eigenvalue weighted by molar-refractivity contribution is -0.135. The van der Waals surface area contributed by atoms with Gasteiger partial charge < -0.3 is 20.0 Å². The van der Waals surface area contributed by atoms with Crippen LogP contribution in [-0.4, -0.2) is 110 Å². The summed E-state index contributed by atoms with van der Waals surface area (Å²) < 4.78 is 0. The van der Waals surface area contributed by atoms with E-state index < -0.39 is 0 Å². The van der Waals surface area contributed by atoms with Crippen molar-refractivity contribution in [3.8, 4) is 0 Å². The molecule has 2 heterocycles. The van der Waals surface area contributed by atoms with Crippen LogP contribution in [0.5, 0.6) is 0 Å². The number of guanidine groups is 1. The Bertz CT molecular complexity index is 490. The Kier molecular flexibility index (Phi) is 13.1. The van der Waals surface area contributed by atoms with Crippen LogP contribution in [0.2, 0.25) is 0 Å². The van der Waals surface area contributed by atoms with E-state index in [1.54, 1.807) is 0 Å². The average Bonchev–Trinajstić information content (AvgIpc) is 3.25. The maximum Gasteiger partial charge on any atom is 0.239 e. The van der Waals surface area contributed by atoms with E-state index >= 15 is 0 Å². The van der Waals surface area contributed by atoms with Crippen molar-refractivity contribution in [1.82, 2.24) is 24.9 Å². The van der Waals surface area contributed by atoms with E-state index in [-0.39, 0.29) is 30.0 Å². The van der Waals surface area contributed by atoms with Crippen LogP contribution in [0.3, 0.4) is 0 Å². The van der Waals surface area contributed by atoms with Gasteiger partial charge in [0, 0.05) is 52.4 Å². The Balaban J connectivity index is 0.00000420. The first-order chi connectivity index (χ1) is 13.6. The fraction of sp³-hybridized carbons (Fsp3) is 0.905. The minimum atomic E-state index is -0.00742. The first kappa shape index (κ1) is 26.4. The molecule has 0 saturated carbocycles. The fourth-order valence-electron chi connectivity index (χ4n) is 3.97. The monoisotopic (exact) mass is 522 g/mol. The van der Waals surface area contributed by atoms with Crippen LogP contribution in [-0.2, 0) is 4.79 Å². The second kappa shape index (κ2) is 14.4. The van der Waals surface area contributed by atoms with Crippen molar-refractivity contribution in [2.75, 3.05) is 72.5 Å². The van der Waals surface area contributed by atoms with E-state index in [9.17, 15) is 4.79 Å². The van der Waals surface area contributed by atoms with Gasteiger partial charge >= 0.3 is 0 Å². The second-order valence-electron chi connectivity index (χ2n) is 8.12. The molecule has 0 aromatic carbocycles. The largest absolute Gasteiger partial charge is 0.357 e. The molecule has 2 saturated heterocycles. The molecule has 1 amide bonds. The highest BCUT2D eigenvalue weighted by Crippen LogP contribution is 2.14. The van der Waals surface area contributed by atoms with Crippen LogP contribution in [0.15, 0.2) is 4.99 Å². The smallest absolute Gasteiger partial charge is 0.239 e. The van der Waals surface area contributed by atoms with Crippen molar-refractivity contribution in [3.05, 3.63) is 0 Å². The second-order valence-corrected chi connectivity index (χ2v) is 8.12. The number of unbranched alkanes of at least 4 members (excludes halogenated alkanes) is 1. The average molecular weight is 523 g/mol. The molecule has 2 rings (SSSR count). The number of rotatable bonds is 9. The Morgan fingerprint density at radius 1 is 1.03 bits per heavy atom. The molecule has 170 valence electrons. The van der Waals surface area contributed by atoms with E-state index in [0.717, 1.165) is 84.2 Å². The summed E-state index contributed by atoms with van der Waals surface area (Å²) in [5.41, 5.74) is 0. The molecule has 0 aliphatic carbocycles. The van der Waals surface area contributed by atoms with E-state index in [1.807, 2.05) is 4.90 Å². The van der Waals surface area contributed by atoms with Crippen molar-refractivity contribution >= 4 is 35.8 Å². The molecule has 0 aromatic rings. The maximum absolute atomic E-state index is 12.7. The number of aliphatic imine (C=N–C) groups is 1. The van der Waals surface area contributed by atoms with Crippen molar-refractivity contribution < 1.29 is 4.79 Å². The minimum Gasteiger partial charge on any atom is -0.357 e. The quantitative estimate of drug-likeness (QED) is 0.285. The summed E-state index contributed by atoms with van der Waals surface area (Å²) in [6.07, 6.45) is 4.79. The van der Waals surface area contributed by atoms with Crippen molar-refractivity contribution in [3.63, 3.8) is 0 Å². The lowest BCUT2D eigenvalue weighted by atomic mass is 10.2. The summed E-state index contributed by atoms with van der Waals surface area (Å²) in [4.78, 5) is 26.6. The molecule has 7 nitrogen and oxygen atoms in total. The molecule has 2 fully saturated rings. The van der Waals surface area contributed by atoms with Gasteiger partial charge in [0.05, 0.1) is 12.6 Å². The molecule has 0 aromatic heterocycles. The molecule has 8 heteroatoms. The Hall–Kier alpha value is -0.610. The number of amides is 1. The van der Waals surface area contributed by atoms with Gasteiger partial charge in [0.2, 0.25) is 5.91 Å². The third-order valence-electron chi connectivity index (χ3n) is 5.91. The zero-order valence-electron chi connectivity index (χ0n) is 19.0. The SMILES string of the molecule is CCCCN(C)CCN=C(NCC)N1CCN(C(C)C(=O)N2CCCC2)CC1.I. The van der Waals surface area contributed by atoms with Gasteiger partial charge in [-0.15, -0.1) is 24.0 Å². The Labute approximate surface area is 195 Å². The van der Waals surface area contributed by atoms with E-state index in [1.165, 1.54) is 12.8 Å². The number of likely N-dealkylation sites (N-methyl/N-ethyl adjacent to an activating group) is 1. The number of halogens is 1. The van der Waals surface area contributed by atoms with Gasteiger partial charge in [-0.05, 0) is 46.7 Å². The molecule has 29 heavy (non-hydrogen) atoms. The molecule has 0 bridgehead atoms. The minimum absolute atomic E-state index is 0. The maximum atomic E-state index is 12.7. The summed E-state index contributed by atoms with van der Waals surface area (Å²) in [6, 6.07) is -0.00742. The van der Waals surface area contributed by atoms with Crippen LogP contribution < -0.4 is 5.32 Å². The highest BCUT2D eigenvalue weighted by Gasteiger charge is 2.30. The highest BCUT2D eigenvalue weighted by molar-refractivity contribution is 14.0. The number of piperazine rings is 1. The zero-order chi connectivity index (χ0) is 20.4. The molecule has 1 unspecified atom stereocenters. The summed E-state index contributed by atoms with van der Waals surface area (Å²) in [6.45, 7) is 15.8. The van der Waals surface area contributed by atoms with Gasteiger partial charge in [0.1, 0.15) is 0 Å². The molecule has 2 aliphatic heterocycles. The summed E-state index contributed by atoms with van der Waals surface area (Å²) >= 11 is 0. The first-order valence-corrected chi connectivity index (χ1v) is 11.3. The van der Waals surface area contributed by atoms with Crippen LogP contribution in [0.25, 0.3) is 0 Å². The molecular formula is C21H43IN6O. The van der Waals surface area contributed by atoms with Gasteiger partial charge in [-0.25, -0.2) is 0 Å². The zero-order valence-corrected chi connectivity index (χ0v) is 21.4.